The number of benzene rings is 7. The Bertz CT molecular complexity index is 2390. The lowest BCUT2D eigenvalue weighted by Crippen LogP contribution is -2.53. The first-order valence-corrected chi connectivity index (χ1v) is 22.4. The van der Waals surface area contributed by atoms with Gasteiger partial charge in [0.2, 0.25) is 0 Å². The van der Waals surface area contributed by atoms with Gasteiger partial charge in [-0.2, -0.15) is 0 Å². The summed E-state index contributed by atoms with van der Waals surface area (Å²) >= 11 is 0. The maximum Gasteiger partial charge on any atom is 0.336 e. The Kier molecular flexibility index (Phi) is 11.9. The molecule has 2 heterocycles. The Morgan fingerprint density at radius 1 is 0.516 bits per heavy atom. The highest BCUT2D eigenvalue weighted by Gasteiger charge is 2.67. The highest BCUT2D eigenvalue weighted by atomic mass is 31.2. The van der Waals surface area contributed by atoms with Crippen molar-refractivity contribution < 1.29 is 23.0 Å². The summed E-state index contributed by atoms with van der Waals surface area (Å²) in [5.41, 5.74) is 7.54. The van der Waals surface area contributed by atoms with E-state index in [2.05, 4.69) is 118 Å². The highest BCUT2D eigenvalue weighted by Crippen LogP contribution is 2.66. The van der Waals surface area contributed by atoms with E-state index in [0.717, 1.165) is 50.1 Å². The van der Waals surface area contributed by atoms with Gasteiger partial charge in [0, 0.05) is 6.21 Å². The number of hydrogen-bond donors (Lipinski definition) is 0. The van der Waals surface area contributed by atoms with E-state index in [-0.39, 0.29) is 0 Å². The summed E-state index contributed by atoms with van der Waals surface area (Å²) < 4.78 is 37.7. The van der Waals surface area contributed by atoms with E-state index >= 15 is 0 Å². The first-order chi connectivity index (χ1) is 30.2. The molecule has 9 rings (SSSR count). The van der Waals surface area contributed by atoms with Crippen LogP contribution in [0, 0.1) is 20.8 Å². The third kappa shape index (κ3) is 8.00. The Hall–Kier alpha value is -5.56. The second-order valence-electron chi connectivity index (χ2n) is 16.7. The summed E-state index contributed by atoms with van der Waals surface area (Å²) in [6, 6.07) is 65.7. The maximum absolute atomic E-state index is 7.79. The molecule has 7 aromatic rings. The molecule has 0 spiro atoms. The molecule has 7 heteroatoms. The van der Waals surface area contributed by atoms with Crippen LogP contribution in [0.1, 0.15) is 81.6 Å². The number of aryl methyl sites for hydroxylation is 3. The van der Waals surface area contributed by atoms with Gasteiger partial charge >= 0.3 is 8.60 Å². The zero-order valence-electron chi connectivity index (χ0n) is 35.8. The van der Waals surface area contributed by atoms with Crippen LogP contribution in [0.15, 0.2) is 199 Å². The van der Waals surface area contributed by atoms with Crippen LogP contribution in [0.3, 0.4) is 0 Å². The average molecular weight is 838 g/mol. The molecule has 2 aliphatic heterocycles. The summed E-state index contributed by atoms with van der Waals surface area (Å²) in [5, 5.41) is 0. The number of nitrogens with zero attached hydrogens (tertiary/aromatic N) is 1. The Morgan fingerprint density at radius 2 is 0.871 bits per heavy atom. The third-order valence-electron chi connectivity index (χ3n) is 12.0. The van der Waals surface area contributed by atoms with E-state index in [1.807, 2.05) is 117 Å². The normalized spacial score (nSPS) is 20.3. The standard InChI is InChI=1S/C55H52NO5P/c1-39-36-40(2)48(41(3)37-39)38-56-49(42-24-12-6-13-25-42)50(43-26-14-7-15-27-43)59-62-60-54(44-28-16-8-17-29-44,45-30-18-9-19-31-45)51-52(58-53(4,5)57-51)55(61-62,46-32-20-10-21-33-46)47-34-22-11-23-35-47/h6-38,49-52H,1-5H3/t49-,50+,51+,52+/m0/s1. The van der Waals surface area contributed by atoms with Gasteiger partial charge in [-0.05, 0) is 84.7 Å². The van der Waals surface area contributed by atoms with Crippen molar-refractivity contribution in [2.75, 3.05) is 0 Å². The van der Waals surface area contributed by atoms with Gasteiger partial charge in [-0.15, -0.1) is 0 Å². The predicted octanol–water partition coefficient (Wildman–Crippen LogP) is 13.2. The van der Waals surface area contributed by atoms with Crippen molar-refractivity contribution in [1.29, 1.82) is 0 Å². The topological polar surface area (TPSA) is 58.5 Å². The van der Waals surface area contributed by atoms with Crippen LogP contribution < -0.4 is 0 Å². The van der Waals surface area contributed by atoms with Gasteiger partial charge in [-0.1, -0.05) is 200 Å². The summed E-state index contributed by atoms with van der Waals surface area (Å²) in [6.07, 6.45) is -0.126. The van der Waals surface area contributed by atoms with Gasteiger partial charge in [0.05, 0.1) is 0 Å². The largest absolute Gasteiger partial charge is 0.341 e. The molecule has 0 N–H and O–H groups in total. The van der Waals surface area contributed by atoms with Gasteiger partial charge in [-0.3, -0.25) is 14.0 Å². The van der Waals surface area contributed by atoms with Crippen LogP contribution in [-0.4, -0.2) is 24.2 Å². The smallest absolute Gasteiger partial charge is 0.336 e. The van der Waals surface area contributed by atoms with Gasteiger partial charge in [0.1, 0.15) is 24.4 Å². The minimum atomic E-state index is -2.33. The second-order valence-corrected chi connectivity index (χ2v) is 17.7. The van der Waals surface area contributed by atoms with Gasteiger partial charge < -0.3 is 14.0 Å². The number of rotatable bonds is 11. The van der Waals surface area contributed by atoms with Crippen molar-refractivity contribution >= 4 is 14.8 Å². The molecular weight excluding hydrogens is 786 g/mol. The fraction of sp³-hybridized carbons (Fsp3) is 0.218. The molecule has 0 aromatic heterocycles. The van der Waals surface area contributed by atoms with E-state index in [1.165, 1.54) is 5.56 Å². The Balaban J connectivity index is 1.31. The zero-order valence-corrected chi connectivity index (χ0v) is 36.7. The highest BCUT2D eigenvalue weighted by molar-refractivity contribution is 7.41. The van der Waals surface area contributed by atoms with Crippen LogP contribution in [-0.2, 0) is 34.2 Å². The van der Waals surface area contributed by atoms with Crippen molar-refractivity contribution in [3.63, 3.8) is 0 Å². The predicted molar refractivity (Wildman–Crippen MR) is 248 cm³/mol. The summed E-state index contributed by atoms with van der Waals surface area (Å²) in [6.45, 7) is 10.3. The Labute approximate surface area is 367 Å². The first kappa shape index (κ1) is 41.8. The lowest BCUT2D eigenvalue weighted by Gasteiger charge is -2.41. The molecule has 0 amide bonds. The van der Waals surface area contributed by atoms with Crippen LogP contribution in [0.4, 0.5) is 0 Å². The minimum Gasteiger partial charge on any atom is -0.341 e. The number of ether oxygens (including phenoxy) is 2. The molecule has 6 nitrogen and oxygen atoms in total. The van der Waals surface area contributed by atoms with E-state index in [9.17, 15) is 0 Å². The van der Waals surface area contributed by atoms with Crippen LogP contribution >= 0.6 is 8.60 Å². The molecule has 0 unspecified atom stereocenters. The quantitative estimate of drug-likeness (QED) is 0.0959. The summed E-state index contributed by atoms with van der Waals surface area (Å²) in [4.78, 5) is 5.46. The molecule has 0 bridgehead atoms. The van der Waals surface area contributed by atoms with Crippen LogP contribution in [0.5, 0.6) is 0 Å². The third-order valence-corrected chi connectivity index (χ3v) is 13.3. The number of aliphatic imine (C=N–C) groups is 1. The molecule has 2 saturated heterocycles. The molecule has 2 fully saturated rings. The number of fused-ring (bicyclic) bond motifs is 1. The molecule has 312 valence electrons. The average Bonchev–Trinajstić information content (AvgIpc) is 3.59. The molecule has 62 heavy (non-hydrogen) atoms. The molecule has 0 aliphatic carbocycles. The van der Waals surface area contributed by atoms with Gasteiger partial charge in [0.15, 0.2) is 17.0 Å². The second kappa shape index (κ2) is 17.7. The van der Waals surface area contributed by atoms with Gasteiger partial charge in [-0.25, -0.2) is 0 Å². The van der Waals surface area contributed by atoms with Crippen LogP contribution in [0.25, 0.3) is 0 Å². The van der Waals surface area contributed by atoms with E-state index < -0.39 is 49.9 Å². The molecule has 7 aromatic carbocycles. The fourth-order valence-electron chi connectivity index (χ4n) is 9.28. The maximum atomic E-state index is 7.79. The van der Waals surface area contributed by atoms with Gasteiger partial charge in [0.25, 0.3) is 0 Å². The van der Waals surface area contributed by atoms with Crippen LogP contribution in [0.2, 0.25) is 0 Å². The minimum absolute atomic E-state index is 0.506. The summed E-state index contributed by atoms with van der Waals surface area (Å²) in [7, 11) is -2.33. The molecule has 4 atom stereocenters. The van der Waals surface area contributed by atoms with Crippen molar-refractivity contribution in [3.8, 4) is 0 Å². The monoisotopic (exact) mass is 837 g/mol. The lowest BCUT2D eigenvalue weighted by atomic mass is 9.72. The molecular formula is C55H52NO5P. The molecule has 0 saturated carbocycles. The summed E-state index contributed by atoms with van der Waals surface area (Å²) in [5.74, 6) is -1.02. The van der Waals surface area contributed by atoms with Crippen molar-refractivity contribution in [1.82, 2.24) is 0 Å². The SMILES string of the molecule is Cc1cc(C)c(C=N[C@@H](c2ccccc2)[C@H](OP2OC(c3ccccc3)(c3ccccc3)[C@@H]3OC(C)(C)O[C@H]3C(c3ccccc3)(c3ccccc3)O2)c2ccccc2)c(C)c1. The van der Waals surface area contributed by atoms with E-state index in [4.69, 9.17) is 28.0 Å². The van der Waals surface area contributed by atoms with E-state index in [1.54, 1.807) is 0 Å². The number of hydrogen-bond acceptors (Lipinski definition) is 6. The molecule has 0 radical (unpaired) electrons. The van der Waals surface area contributed by atoms with Crippen molar-refractivity contribution in [3.05, 3.63) is 250 Å². The molecule has 2 aliphatic rings. The Morgan fingerprint density at radius 3 is 1.26 bits per heavy atom. The first-order valence-electron chi connectivity index (χ1n) is 21.3. The lowest BCUT2D eigenvalue weighted by molar-refractivity contribution is -0.177. The van der Waals surface area contributed by atoms with Crippen molar-refractivity contribution in [2.45, 2.75) is 76.0 Å². The van der Waals surface area contributed by atoms with E-state index in [0.29, 0.717) is 0 Å². The van der Waals surface area contributed by atoms with Crippen molar-refractivity contribution in [2.24, 2.45) is 4.99 Å². The zero-order chi connectivity index (χ0) is 42.7. The fourth-order valence-corrected chi connectivity index (χ4v) is 10.9.